The van der Waals surface area contributed by atoms with Crippen molar-refractivity contribution < 1.29 is 14.4 Å². The first kappa shape index (κ1) is 12.6. The van der Waals surface area contributed by atoms with Gasteiger partial charge in [-0.1, -0.05) is 6.07 Å². The number of carbonyl (C=O) groups is 1. The van der Waals surface area contributed by atoms with Gasteiger partial charge in [-0.3, -0.25) is 4.98 Å². The van der Waals surface area contributed by atoms with Gasteiger partial charge in [-0.25, -0.2) is 0 Å². The number of carboxylic acids is 1. The number of aromatic carboxylic acids is 1. The fourth-order valence-corrected chi connectivity index (χ4v) is 0.484. The lowest BCUT2D eigenvalue weighted by Crippen LogP contribution is -2.27. The number of pyridine rings is 1. The first-order chi connectivity index (χ1) is 6.30. The second kappa shape index (κ2) is 5.34. The molecule has 0 fully saturated rings. The summed E-state index contributed by atoms with van der Waals surface area (Å²) < 4.78 is 1.00. The Labute approximate surface area is 84.4 Å². The van der Waals surface area contributed by atoms with Crippen molar-refractivity contribution in [2.45, 2.75) is 0 Å². The van der Waals surface area contributed by atoms with Crippen LogP contribution in [-0.2, 0) is 0 Å². The third kappa shape index (κ3) is 8.67. The molecule has 0 saturated heterocycles. The van der Waals surface area contributed by atoms with Crippen LogP contribution in [0.3, 0.4) is 0 Å². The number of hydrogen-bond acceptors (Lipinski definition) is 3. The second-order valence-corrected chi connectivity index (χ2v) is 4.21. The lowest BCUT2D eigenvalue weighted by Gasteiger charge is -2.14. The first-order valence-electron chi connectivity index (χ1n) is 4.21. The molecule has 0 amide bonds. The molecule has 0 atom stereocenters. The molecule has 0 N–H and O–H groups in total. The van der Waals surface area contributed by atoms with Crippen LogP contribution in [0, 0.1) is 0 Å². The van der Waals surface area contributed by atoms with Crippen LogP contribution in [0.4, 0.5) is 0 Å². The average Bonchev–Trinajstić information content (AvgIpc) is 2.03. The summed E-state index contributed by atoms with van der Waals surface area (Å²) in [5, 5.41) is 10.0. The van der Waals surface area contributed by atoms with Gasteiger partial charge in [0.05, 0.1) is 34.2 Å². The Morgan fingerprint density at radius 3 is 2.07 bits per heavy atom. The van der Waals surface area contributed by atoms with Crippen molar-refractivity contribution in [3.05, 3.63) is 30.1 Å². The molecule has 1 heterocycles. The summed E-state index contributed by atoms with van der Waals surface area (Å²) in [6.45, 7) is 0. The quantitative estimate of drug-likeness (QED) is 0.583. The molecule has 4 nitrogen and oxygen atoms in total. The van der Waals surface area contributed by atoms with Crippen molar-refractivity contribution in [2.75, 3.05) is 28.2 Å². The Hall–Kier alpha value is -1.42. The zero-order chi connectivity index (χ0) is 11.2. The van der Waals surface area contributed by atoms with Gasteiger partial charge in [0.2, 0.25) is 0 Å². The van der Waals surface area contributed by atoms with Gasteiger partial charge in [0, 0.05) is 18.0 Å². The third-order valence-corrected chi connectivity index (χ3v) is 0.897. The molecule has 4 heteroatoms. The SMILES string of the molecule is C[N+](C)(C)C.O=C([O-])c1cccnc1. The van der Waals surface area contributed by atoms with E-state index in [0.29, 0.717) is 0 Å². The van der Waals surface area contributed by atoms with Gasteiger partial charge >= 0.3 is 0 Å². The molecule has 0 aliphatic heterocycles. The Morgan fingerprint density at radius 2 is 1.86 bits per heavy atom. The van der Waals surface area contributed by atoms with Crippen LogP contribution in [0.5, 0.6) is 0 Å². The van der Waals surface area contributed by atoms with Gasteiger partial charge in [-0.05, 0) is 6.07 Å². The van der Waals surface area contributed by atoms with E-state index in [1.54, 1.807) is 6.07 Å². The predicted molar refractivity (Wildman–Crippen MR) is 52.5 cm³/mol. The van der Waals surface area contributed by atoms with E-state index in [0.717, 1.165) is 4.48 Å². The van der Waals surface area contributed by atoms with Crippen molar-refractivity contribution in [1.82, 2.24) is 4.98 Å². The maximum atomic E-state index is 10.0. The molecular formula is C10H16N2O2. The van der Waals surface area contributed by atoms with E-state index < -0.39 is 5.97 Å². The molecule has 78 valence electrons. The number of carbonyl (C=O) groups excluding carboxylic acids is 1. The van der Waals surface area contributed by atoms with Gasteiger partial charge < -0.3 is 14.4 Å². The monoisotopic (exact) mass is 196 g/mol. The van der Waals surface area contributed by atoms with Crippen LogP contribution >= 0.6 is 0 Å². The Balaban J connectivity index is 0.000000292. The third-order valence-electron chi connectivity index (χ3n) is 0.897. The number of nitrogens with zero attached hydrogens (tertiary/aromatic N) is 2. The predicted octanol–water partition coefficient (Wildman–Crippen LogP) is -0.232. The molecule has 14 heavy (non-hydrogen) atoms. The molecule has 1 aromatic rings. The molecular weight excluding hydrogens is 180 g/mol. The van der Waals surface area contributed by atoms with Crippen molar-refractivity contribution >= 4 is 5.97 Å². The smallest absolute Gasteiger partial charge is 0.0730 e. The highest BCUT2D eigenvalue weighted by Crippen LogP contribution is 1.90. The number of carboxylic acid groups (broad SMARTS) is 1. The van der Waals surface area contributed by atoms with Gasteiger partial charge in [0.25, 0.3) is 0 Å². The van der Waals surface area contributed by atoms with Crippen LogP contribution in [0.25, 0.3) is 0 Å². The normalized spacial score (nSPS) is 10.0. The maximum absolute atomic E-state index is 10.0. The summed E-state index contributed by atoms with van der Waals surface area (Å²) >= 11 is 0. The van der Waals surface area contributed by atoms with Crippen LogP contribution in [0.15, 0.2) is 24.5 Å². The Bertz CT molecular complexity index is 272. The molecule has 0 radical (unpaired) electrons. The van der Waals surface area contributed by atoms with Crippen LogP contribution in [0.1, 0.15) is 10.4 Å². The molecule has 0 saturated carbocycles. The van der Waals surface area contributed by atoms with Crippen LogP contribution in [0.2, 0.25) is 0 Å². The van der Waals surface area contributed by atoms with Crippen LogP contribution < -0.4 is 5.11 Å². The summed E-state index contributed by atoms with van der Waals surface area (Å²) in [5.74, 6) is -1.19. The minimum Gasteiger partial charge on any atom is -0.545 e. The maximum Gasteiger partial charge on any atom is 0.0730 e. The molecule has 0 aliphatic rings. The average molecular weight is 196 g/mol. The highest BCUT2D eigenvalue weighted by atomic mass is 16.4. The van der Waals surface area contributed by atoms with E-state index in [9.17, 15) is 9.90 Å². The van der Waals surface area contributed by atoms with E-state index in [1.165, 1.54) is 18.5 Å². The molecule has 0 spiro atoms. The van der Waals surface area contributed by atoms with E-state index in [-0.39, 0.29) is 5.56 Å². The summed E-state index contributed by atoms with van der Waals surface area (Å²) in [5.41, 5.74) is 0.109. The lowest BCUT2D eigenvalue weighted by atomic mass is 10.3. The molecule has 1 rings (SSSR count). The fraction of sp³-hybridized carbons (Fsp3) is 0.400. The lowest BCUT2D eigenvalue weighted by molar-refractivity contribution is -0.849. The molecule has 1 aromatic heterocycles. The minimum atomic E-state index is -1.19. The van der Waals surface area contributed by atoms with E-state index >= 15 is 0 Å². The number of hydrogen-bond donors (Lipinski definition) is 0. The summed E-state index contributed by atoms with van der Waals surface area (Å²) in [6, 6.07) is 2.98. The highest BCUT2D eigenvalue weighted by molar-refractivity contribution is 5.85. The molecule has 0 unspecified atom stereocenters. The van der Waals surface area contributed by atoms with Crippen molar-refractivity contribution in [1.29, 1.82) is 0 Å². The van der Waals surface area contributed by atoms with Gasteiger partial charge in [0.1, 0.15) is 0 Å². The Morgan fingerprint density at radius 1 is 1.36 bits per heavy atom. The fourth-order valence-electron chi connectivity index (χ4n) is 0.484. The van der Waals surface area contributed by atoms with Gasteiger partial charge in [-0.15, -0.1) is 0 Å². The standard InChI is InChI=1S/C6H5NO2.C4H12N/c8-6(9)5-2-1-3-7-4-5;1-5(2,3)4/h1-4H,(H,8,9);1-4H3/q;+1/p-1. The zero-order valence-electron chi connectivity index (χ0n) is 9.02. The van der Waals surface area contributed by atoms with Crippen molar-refractivity contribution in [2.24, 2.45) is 0 Å². The molecule has 0 aromatic carbocycles. The topological polar surface area (TPSA) is 53.0 Å². The molecule has 0 aliphatic carbocycles. The van der Waals surface area contributed by atoms with E-state index in [4.69, 9.17) is 0 Å². The van der Waals surface area contributed by atoms with Crippen molar-refractivity contribution in [3.63, 3.8) is 0 Å². The summed E-state index contributed by atoms with van der Waals surface area (Å²) in [6.07, 6.45) is 2.75. The second-order valence-electron chi connectivity index (χ2n) is 4.21. The number of rotatable bonds is 1. The summed E-state index contributed by atoms with van der Waals surface area (Å²) in [4.78, 5) is 13.6. The van der Waals surface area contributed by atoms with Crippen molar-refractivity contribution in [3.8, 4) is 0 Å². The van der Waals surface area contributed by atoms with Crippen LogP contribution in [-0.4, -0.2) is 43.6 Å². The van der Waals surface area contributed by atoms with Gasteiger partial charge in [-0.2, -0.15) is 0 Å². The van der Waals surface area contributed by atoms with E-state index in [2.05, 4.69) is 33.2 Å². The van der Waals surface area contributed by atoms with E-state index in [1.807, 2.05) is 0 Å². The Kier molecular flexibility index (Phi) is 4.80. The zero-order valence-corrected chi connectivity index (χ0v) is 9.02. The highest BCUT2D eigenvalue weighted by Gasteiger charge is 1.88. The largest absolute Gasteiger partial charge is 0.545 e. The molecule has 0 bridgehead atoms. The first-order valence-corrected chi connectivity index (χ1v) is 4.21. The summed E-state index contributed by atoms with van der Waals surface area (Å²) in [7, 11) is 8.50. The minimum absolute atomic E-state index is 0.109. The number of quaternary nitrogens is 1. The number of aromatic nitrogens is 1. The van der Waals surface area contributed by atoms with Gasteiger partial charge in [0.15, 0.2) is 0 Å².